The number of nitrogens with two attached hydrogens (primary N) is 1. The zero-order chi connectivity index (χ0) is 15.3. The van der Waals surface area contributed by atoms with Gasteiger partial charge in [-0.3, -0.25) is 0 Å². The molecule has 0 aliphatic rings. The van der Waals surface area contributed by atoms with Crippen LogP contribution in [0.1, 0.15) is 31.4 Å². The van der Waals surface area contributed by atoms with Gasteiger partial charge in [-0.05, 0) is 37.0 Å². The van der Waals surface area contributed by atoms with Crippen molar-refractivity contribution in [2.24, 2.45) is 11.7 Å². The minimum Gasteiger partial charge on any atom is -0.329 e. The minimum atomic E-state index is -3.66. The molecule has 0 aliphatic heterocycles. The summed E-state index contributed by atoms with van der Waals surface area (Å²) in [5.74, 6) is 0.345. The van der Waals surface area contributed by atoms with Gasteiger partial charge in [0.2, 0.25) is 10.0 Å². The van der Waals surface area contributed by atoms with Crippen LogP contribution in [0.4, 0.5) is 0 Å². The van der Waals surface area contributed by atoms with Gasteiger partial charge in [0, 0.05) is 12.6 Å². The van der Waals surface area contributed by atoms with Crippen LogP contribution >= 0.6 is 0 Å². The lowest BCUT2D eigenvalue weighted by molar-refractivity contribution is 0.465. The summed E-state index contributed by atoms with van der Waals surface area (Å²) in [4.78, 5) is 0.138. The number of nitrogens with one attached hydrogen (secondary N) is 1. The van der Waals surface area contributed by atoms with Crippen LogP contribution in [-0.4, -0.2) is 21.0 Å². The first-order valence-corrected chi connectivity index (χ1v) is 8.01. The standard InChI is InChI=1S/C14H21N3O2S/c1-10(2)6-13(9-16)17-20(18,19)14-7-12(8-15)5-4-11(14)3/h4-5,7,10,13,17H,6,9,16H2,1-3H3. The van der Waals surface area contributed by atoms with Crippen LogP contribution in [0.15, 0.2) is 23.1 Å². The van der Waals surface area contributed by atoms with Gasteiger partial charge in [0.05, 0.1) is 16.5 Å². The van der Waals surface area contributed by atoms with Crippen molar-refractivity contribution < 1.29 is 8.42 Å². The van der Waals surface area contributed by atoms with Crippen LogP contribution in [0, 0.1) is 24.2 Å². The van der Waals surface area contributed by atoms with E-state index in [-0.39, 0.29) is 17.5 Å². The zero-order valence-corrected chi connectivity index (χ0v) is 12.9. The lowest BCUT2D eigenvalue weighted by Gasteiger charge is -2.19. The normalized spacial score (nSPS) is 13.2. The molecular formula is C14H21N3O2S. The quantitative estimate of drug-likeness (QED) is 0.831. The third kappa shape index (κ3) is 4.30. The average molecular weight is 295 g/mol. The number of nitriles is 1. The summed E-state index contributed by atoms with van der Waals surface area (Å²) in [6.07, 6.45) is 0.673. The molecule has 0 spiro atoms. The summed E-state index contributed by atoms with van der Waals surface area (Å²) in [6, 6.07) is 6.27. The van der Waals surface area contributed by atoms with Crippen molar-refractivity contribution in [3.8, 4) is 6.07 Å². The molecule has 0 radical (unpaired) electrons. The largest absolute Gasteiger partial charge is 0.329 e. The van der Waals surface area contributed by atoms with E-state index < -0.39 is 10.0 Å². The molecule has 0 heterocycles. The Morgan fingerprint density at radius 1 is 1.40 bits per heavy atom. The number of benzene rings is 1. The molecule has 110 valence electrons. The van der Waals surface area contributed by atoms with Crippen LogP contribution < -0.4 is 10.5 Å². The third-order valence-corrected chi connectivity index (χ3v) is 4.63. The molecule has 0 aromatic heterocycles. The Morgan fingerprint density at radius 3 is 2.55 bits per heavy atom. The van der Waals surface area contributed by atoms with Gasteiger partial charge in [-0.1, -0.05) is 19.9 Å². The fraction of sp³-hybridized carbons (Fsp3) is 0.500. The molecule has 1 atom stereocenters. The van der Waals surface area contributed by atoms with Crippen molar-refractivity contribution in [1.82, 2.24) is 4.72 Å². The van der Waals surface area contributed by atoms with E-state index in [2.05, 4.69) is 4.72 Å². The molecule has 6 heteroatoms. The van der Waals surface area contributed by atoms with Crippen LogP contribution in [-0.2, 0) is 10.0 Å². The van der Waals surface area contributed by atoms with Gasteiger partial charge in [-0.15, -0.1) is 0 Å². The third-order valence-electron chi connectivity index (χ3n) is 2.97. The molecular weight excluding hydrogens is 274 g/mol. The molecule has 3 N–H and O–H groups in total. The molecule has 0 saturated heterocycles. The molecule has 0 saturated carbocycles. The van der Waals surface area contributed by atoms with E-state index in [1.54, 1.807) is 19.1 Å². The van der Waals surface area contributed by atoms with Crippen LogP contribution in [0.5, 0.6) is 0 Å². The Balaban J connectivity index is 3.08. The van der Waals surface area contributed by atoms with E-state index in [0.29, 0.717) is 23.5 Å². The summed E-state index contributed by atoms with van der Waals surface area (Å²) in [7, 11) is -3.66. The number of sulfonamides is 1. The molecule has 1 aromatic rings. The molecule has 1 aromatic carbocycles. The lowest BCUT2D eigenvalue weighted by atomic mass is 10.1. The van der Waals surface area contributed by atoms with Gasteiger partial charge in [0.15, 0.2) is 0 Å². The van der Waals surface area contributed by atoms with E-state index in [1.807, 2.05) is 19.9 Å². The Morgan fingerprint density at radius 2 is 2.05 bits per heavy atom. The Labute approximate surface area is 120 Å². The topological polar surface area (TPSA) is 96.0 Å². The zero-order valence-electron chi connectivity index (χ0n) is 12.1. The van der Waals surface area contributed by atoms with Crippen molar-refractivity contribution in [3.05, 3.63) is 29.3 Å². The maximum Gasteiger partial charge on any atom is 0.241 e. The number of hydrogen-bond donors (Lipinski definition) is 2. The molecule has 0 amide bonds. The minimum absolute atomic E-state index is 0.138. The number of aryl methyl sites for hydroxylation is 1. The highest BCUT2D eigenvalue weighted by atomic mass is 32.2. The maximum atomic E-state index is 12.4. The van der Waals surface area contributed by atoms with Crippen LogP contribution in [0.3, 0.4) is 0 Å². The Hall–Kier alpha value is -1.42. The molecule has 0 bridgehead atoms. The van der Waals surface area contributed by atoms with Crippen molar-refractivity contribution >= 4 is 10.0 Å². The van der Waals surface area contributed by atoms with Gasteiger partial charge in [0.25, 0.3) is 0 Å². The van der Waals surface area contributed by atoms with E-state index in [1.165, 1.54) is 6.07 Å². The van der Waals surface area contributed by atoms with E-state index >= 15 is 0 Å². The van der Waals surface area contributed by atoms with Gasteiger partial charge < -0.3 is 5.73 Å². The first-order valence-electron chi connectivity index (χ1n) is 6.53. The fourth-order valence-corrected chi connectivity index (χ4v) is 3.54. The monoisotopic (exact) mass is 295 g/mol. The molecule has 0 aliphatic carbocycles. The fourth-order valence-electron chi connectivity index (χ4n) is 2.00. The van der Waals surface area contributed by atoms with Gasteiger partial charge in [-0.2, -0.15) is 5.26 Å². The predicted octanol–water partition coefficient (Wildman–Crippen LogP) is 1.52. The molecule has 1 unspecified atom stereocenters. The van der Waals surface area contributed by atoms with Crippen molar-refractivity contribution in [1.29, 1.82) is 5.26 Å². The lowest BCUT2D eigenvalue weighted by Crippen LogP contribution is -2.41. The molecule has 1 rings (SSSR count). The number of nitrogens with zero attached hydrogens (tertiary/aromatic N) is 1. The highest BCUT2D eigenvalue weighted by Crippen LogP contribution is 2.18. The smallest absolute Gasteiger partial charge is 0.241 e. The Bertz CT molecular complexity index is 603. The first-order chi connectivity index (χ1) is 9.30. The summed E-state index contributed by atoms with van der Waals surface area (Å²) >= 11 is 0. The number of rotatable bonds is 6. The highest BCUT2D eigenvalue weighted by molar-refractivity contribution is 7.89. The van der Waals surface area contributed by atoms with Crippen molar-refractivity contribution in [2.45, 2.75) is 38.1 Å². The summed E-state index contributed by atoms with van der Waals surface area (Å²) in [5, 5.41) is 8.88. The van der Waals surface area contributed by atoms with Gasteiger partial charge in [-0.25, -0.2) is 13.1 Å². The summed E-state index contributed by atoms with van der Waals surface area (Å²) < 4.78 is 27.4. The SMILES string of the molecule is Cc1ccc(C#N)cc1S(=O)(=O)NC(CN)CC(C)C. The molecule has 20 heavy (non-hydrogen) atoms. The highest BCUT2D eigenvalue weighted by Gasteiger charge is 2.22. The average Bonchev–Trinajstić information content (AvgIpc) is 2.37. The summed E-state index contributed by atoms with van der Waals surface area (Å²) in [6.45, 7) is 5.97. The second-order valence-corrected chi connectivity index (χ2v) is 6.96. The molecule has 5 nitrogen and oxygen atoms in total. The van der Waals surface area contributed by atoms with Crippen molar-refractivity contribution in [3.63, 3.8) is 0 Å². The van der Waals surface area contributed by atoms with Crippen molar-refractivity contribution in [2.75, 3.05) is 6.54 Å². The van der Waals surface area contributed by atoms with E-state index in [4.69, 9.17) is 11.0 Å². The van der Waals surface area contributed by atoms with E-state index in [9.17, 15) is 8.42 Å². The Kier molecular flexibility index (Phi) is 5.69. The van der Waals surface area contributed by atoms with Crippen LogP contribution in [0.25, 0.3) is 0 Å². The first kappa shape index (κ1) is 16.6. The maximum absolute atomic E-state index is 12.4. The van der Waals surface area contributed by atoms with Gasteiger partial charge >= 0.3 is 0 Å². The molecule has 0 fully saturated rings. The number of hydrogen-bond acceptors (Lipinski definition) is 4. The van der Waals surface area contributed by atoms with E-state index in [0.717, 1.165) is 0 Å². The van der Waals surface area contributed by atoms with Crippen LogP contribution in [0.2, 0.25) is 0 Å². The summed E-state index contributed by atoms with van der Waals surface area (Å²) in [5.41, 5.74) is 6.55. The second-order valence-electron chi connectivity index (χ2n) is 5.28. The van der Waals surface area contributed by atoms with Gasteiger partial charge in [0.1, 0.15) is 0 Å². The predicted molar refractivity (Wildman–Crippen MR) is 78.5 cm³/mol. The second kappa shape index (κ2) is 6.84.